The fourth-order valence-corrected chi connectivity index (χ4v) is 6.83. The van der Waals surface area contributed by atoms with Gasteiger partial charge in [-0.2, -0.15) is 4.31 Å². The van der Waals surface area contributed by atoms with Crippen molar-refractivity contribution >= 4 is 43.2 Å². The molecule has 0 radical (unpaired) electrons. The number of anilines is 1. The van der Waals surface area contributed by atoms with Crippen LogP contribution in [0.25, 0.3) is 0 Å². The molecule has 14 heteroatoms. The monoisotopic (exact) mass is 639 g/mol. The minimum Gasteiger partial charge on any atom is -0.488 e. The van der Waals surface area contributed by atoms with Gasteiger partial charge in [0.05, 0.1) is 34.5 Å². The number of ether oxygens (including phenoxy) is 1. The van der Waals surface area contributed by atoms with Gasteiger partial charge in [0.1, 0.15) is 17.7 Å². The Balaban J connectivity index is 1.68. The van der Waals surface area contributed by atoms with Crippen molar-refractivity contribution in [3.8, 4) is 5.75 Å². The molecule has 0 fully saturated rings. The molecule has 226 valence electrons. The first-order chi connectivity index (χ1) is 19.7. The summed E-state index contributed by atoms with van der Waals surface area (Å²) in [5.41, 5.74) is 0.131. The van der Waals surface area contributed by atoms with Gasteiger partial charge in [0.15, 0.2) is 0 Å². The number of fused-ring (bicyclic) bond motifs is 1. The zero-order valence-corrected chi connectivity index (χ0v) is 25.5. The molecule has 0 bridgehead atoms. The van der Waals surface area contributed by atoms with Crippen molar-refractivity contribution in [1.29, 1.82) is 0 Å². The van der Waals surface area contributed by atoms with Gasteiger partial charge in [-0.05, 0) is 73.7 Å². The summed E-state index contributed by atoms with van der Waals surface area (Å²) in [6.45, 7) is 3.14. The number of amides is 1. The summed E-state index contributed by atoms with van der Waals surface area (Å²) < 4.78 is 75.4. The van der Waals surface area contributed by atoms with Crippen LogP contribution < -0.4 is 9.46 Å². The third-order valence-corrected chi connectivity index (χ3v) is 10.5. The van der Waals surface area contributed by atoms with E-state index in [9.17, 15) is 31.1 Å². The highest BCUT2D eigenvalue weighted by Crippen LogP contribution is 2.32. The molecule has 1 amide bonds. The Morgan fingerprint density at radius 2 is 1.69 bits per heavy atom. The zero-order valence-electron chi connectivity index (χ0n) is 23.1. The van der Waals surface area contributed by atoms with Gasteiger partial charge in [-0.1, -0.05) is 18.5 Å². The maximum absolute atomic E-state index is 13.7. The zero-order chi connectivity index (χ0) is 30.8. The van der Waals surface area contributed by atoms with Crippen LogP contribution in [0, 0.1) is 11.7 Å². The van der Waals surface area contributed by atoms with Gasteiger partial charge in [-0.3, -0.25) is 9.52 Å². The van der Waals surface area contributed by atoms with Gasteiger partial charge in [-0.15, -0.1) is 0 Å². The predicted molar refractivity (Wildman–Crippen MR) is 156 cm³/mol. The standard InChI is InChI=1S/C28H31ClFN3O7S2/c1-18-15-33(19(2)17-34)28(35)25-14-22(31-41(36,37)23-9-4-20(29)5-10-23)8-13-26(25)40-27(18)16-32(3)42(38,39)24-11-6-21(30)7-12-24/h4-14,18-19,27,31,34H,15-17H2,1-3H3/t18-,19+,27+/m0/s1. The van der Waals surface area contributed by atoms with Crippen LogP contribution in [0.1, 0.15) is 24.2 Å². The van der Waals surface area contributed by atoms with Crippen molar-refractivity contribution in [2.24, 2.45) is 5.92 Å². The SMILES string of the molecule is C[C@H](CO)N1C[C@H](C)[C@@H](CN(C)S(=O)(=O)c2ccc(F)cc2)Oc2ccc(NS(=O)(=O)c3ccc(Cl)cc3)cc2C1=O. The number of rotatable bonds is 9. The highest BCUT2D eigenvalue weighted by atomic mass is 35.5. The van der Waals surface area contributed by atoms with E-state index in [-0.39, 0.29) is 52.4 Å². The second-order valence-electron chi connectivity index (χ2n) is 10.1. The van der Waals surface area contributed by atoms with Crippen molar-refractivity contribution in [1.82, 2.24) is 9.21 Å². The molecule has 0 aromatic heterocycles. The highest BCUT2D eigenvalue weighted by molar-refractivity contribution is 7.92. The molecule has 1 aliphatic heterocycles. The highest BCUT2D eigenvalue weighted by Gasteiger charge is 2.35. The van der Waals surface area contributed by atoms with Crippen molar-refractivity contribution in [2.75, 3.05) is 31.5 Å². The molecule has 1 heterocycles. The Labute approximate surface area is 249 Å². The number of aliphatic hydroxyl groups excluding tert-OH is 1. The Morgan fingerprint density at radius 3 is 2.31 bits per heavy atom. The van der Waals surface area contributed by atoms with E-state index >= 15 is 0 Å². The van der Waals surface area contributed by atoms with Gasteiger partial charge >= 0.3 is 0 Å². The summed E-state index contributed by atoms with van der Waals surface area (Å²) in [5.74, 6) is -1.32. The molecule has 3 aromatic rings. The first-order valence-electron chi connectivity index (χ1n) is 13.0. The van der Waals surface area contributed by atoms with Crippen LogP contribution in [-0.2, 0) is 20.0 Å². The molecule has 4 rings (SSSR count). The van der Waals surface area contributed by atoms with E-state index in [1.165, 1.54) is 66.5 Å². The number of nitrogens with zero attached hydrogens (tertiary/aromatic N) is 2. The molecular weight excluding hydrogens is 609 g/mol. The van der Waals surface area contributed by atoms with Gasteiger partial charge in [0, 0.05) is 30.2 Å². The van der Waals surface area contributed by atoms with E-state index in [1.807, 2.05) is 0 Å². The average molecular weight is 640 g/mol. The van der Waals surface area contributed by atoms with E-state index < -0.39 is 43.9 Å². The number of halogens is 2. The lowest BCUT2D eigenvalue weighted by atomic mass is 9.99. The number of carbonyl (C=O) groups is 1. The number of aliphatic hydroxyl groups is 1. The smallest absolute Gasteiger partial charge is 0.261 e. The van der Waals surface area contributed by atoms with Crippen LogP contribution in [0.5, 0.6) is 5.75 Å². The molecule has 10 nitrogen and oxygen atoms in total. The maximum atomic E-state index is 13.7. The van der Waals surface area contributed by atoms with E-state index in [0.717, 1.165) is 16.4 Å². The summed E-state index contributed by atoms with van der Waals surface area (Å²) in [4.78, 5) is 15.0. The lowest BCUT2D eigenvalue weighted by Gasteiger charge is -2.38. The third-order valence-electron chi connectivity index (χ3n) is 7.00. The number of hydrogen-bond donors (Lipinski definition) is 2. The van der Waals surface area contributed by atoms with Gasteiger partial charge in [0.2, 0.25) is 10.0 Å². The lowest BCUT2D eigenvalue weighted by Crippen LogP contribution is -2.50. The maximum Gasteiger partial charge on any atom is 0.261 e. The quantitative estimate of drug-likeness (QED) is 0.364. The second-order valence-corrected chi connectivity index (χ2v) is 14.3. The first kappa shape index (κ1) is 31.7. The lowest BCUT2D eigenvalue weighted by molar-refractivity contribution is 0.0387. The van der Waals surface area contributed by atoms with Crippen molar-refractivity contribution < 1.29 is 35.9 Å². The molecule has 42 heavy (non-hydrogen) atoms. The normalized spacial score (nSPS) is 18.5. The minimum absolute atomic E-state index is 0.0314. The molecule has 2 N–H and O–H groups in total. The van der Waals surface area contributed by atoms with E-state index in [0.29, 0.717) is 5.02 Å². The molecule has 3 aromatic carbocycles. The van der Waals surface area contributed by atoms with Crippen LogP contribution in [-0.4, -0.2) is 75.9 Å². The van der Waals surface area contributed by atoms with Crippen LogP contribution in [0.3, 0.4) is 0 Å². The predicted octanol–water partition coefficient (Wildman–Crippen LogP) is 3.82. The van der Waals surface area contributed by atoms with E-state index in [2.05, 4.69) is 4.72 Å². The molecular formula is C28H31ClFN3O7S2. The first-order valence-corrected chi connectivity index (χ1v) is 16.3. The van der Waals surface area contributed by atoms with Crippen molar-refractivity contribution in [3.05, 3.63) is 83.1 Å². The number of sulfonamides is 2. The van der Waals surface area contributed by atoms with Gasteiger partial charge < -0.3 is 14.7 Å². The van der Waals surface area contributed by atoms with Gasteiger partial charge in [0.25, 0.3) is 15.9 Å². The average Bonchev–Trinajstić information content (AvgIpc) is 2.95. The fourth-order valence-electron chi connectivity index (χ4n) is 4.47. The Hall–Kier alpha value is -3.23. The number of carbonyl (C=O) groups excluding carboxylic acids is 1. The molecule has 0 aliphatic carbocycles. The van der Waals surface area contributed by atoms with Crippen molar-refractivity contribution in [2.45, 2.75) is 35.8 Å². The summed E-state index contributed by atoms with van der Waals surface area (Å²) in [6, 6.07) is 13.7. The van der Waals surface area contributed by atoms with Crippen LogP contribution in [0.4, 0.5) is 10.1 Å². The molecule has 0 unspecified atom stereocenters. The minimum atomic E-state index is -4.02. The Kier molecular flexibility index (Phi) is 9.48. The fraction of sp³-hybridized carbons (Fsp3) is 0.321. The topological polar surface area (TPSA) is 133 Å². The van der Waals surface area contributed by atoms with E-state index in [1.54, 1.807) is 13.8 Å². The summed E-state index contributed by atoms with van der Waals surface area (Å²) >= 11 is 5.87. The van der Waals surface area contributed by atoms with Crippen molar-refractivity contribution in [3.63, 3.8) is 0 Å². The number of hydrogen-bond acceptors (Lipinski definition) is 7. The summed E-state index contributed by atoms with van der Waals surface area (Å²) in [5, 5.41) is 10.2. The molecule has 0 spiro atoms. The summed E-state index contributed by atoms with van der Waals surface area (Å²) in [6.07, 6.45) is -0.748. The molecule has 3 atom stereocenters. The Morgan fingerprint density at radius 1 is 1.07 bits per heavy atom. The number of likely N-dealkylation sites (N-methyl/N-ethyl adjacent to an activating group) is 1. The molecule has 0 saturated heterocycles. The Bertz CT molecular complexity index is 1650. The molecule has 1 aliphatic rings. The number of benzene rings is 3. The second kappa shape index (κ2) is 12.6. The van der Waals surface area contributed by atoms with Gasteiger partial charge in [-0.25, -0.2) is 21.2 Å². The van der Waals surface area contributed by atoms with E-state index in [4.69, 9.17) is 16.3 Å². The largest absolute Gasteiger partial charge is 0.488 e. The molecule has 0 saturated carbocycles. The van der Waals surface area contributed by atoms with Crippen LogP contribution >= 0.6 is 11.6 Å². The van der Waals surface area contributed by atoms with Crippen LogP contribution in [0.2, 0.25) is 5.02 Å². The number of nitrogens with one attached hydrogen (secondary N) is 1. The third kappa shape index (κ3) is 6.87. The summed E-state index contributed by atoms with van der Waals surface area (Å²) in [7, 11) is -6.64. The van der Waals surface area contributed by atoms with Crippen LogP contribution in [0.15, 0.2) is 76.5 Å².